The molecule has 0 radical (unpaired) electrons. The van der Waals surface area contributed by atoms with E-state index in [0.29, 0.717) is 11.5 Å². The minimum absolute atomic E-state index is 0.349. The summed E-state index contributed by atoms with van der Waals surface area (Å²) in [5, 5.41) is 15.7. The number of aromatic nitrogens is 4. The first-order chi connectivity index (χ1) is 16.2. The molecule has 168 valence electrons. The molecule has 0 bridgehead atoms. The summed E-state index contributed by atoms with van der Waals surface area (Å²) in [6, 6.07) is 11.4. The average Bonchev–Trinajstić information content (AvgIpc) is 3.53. The van der Waals surface area contributed by atoms with Crippen LogP contribution in [0, 0.1) is 16.7 Å². The second-order valence-electron chi connectivity index (χ2n) is 10.3. The van der Waals surface area contributed by atoms with Gasteiger partial charge in [-0.15, -0.1) is 0 Å². The van der Waals surface area contributed by atoms with Crippen LogP contribution in [-0.2, 0) is 10.2 Å². The normalized spacial score (nSPS) is 25.4. The maximum Gasteiger partial charge on any atom is 0.159 e. The SMILES string of the molecule is N#CC1(c2ccc3cnn(-c4cc(N5CCN6CCOC[C@@H]6C5)ncn4)c3c2)CC2(CC2)C1. The van der Waals surface area contributed by atoms with Crippen LogP contribution in [0.2, 0.25) is 0 Å². The predicted molar refractivity (Wildman–Crippen MR) is 123 cm³/mol. The molecular weight excluding hydrogens is 414 g/mol. The third-order valence-electron chi connectivity index (χ3n) is 8.27. The van der Waals surface area contributed by atoms with Gasteiger partial charge in [-0.25, -0.2) is 14.6 Å². The monoisotopic (exact) mass is 441 g/mol. The quantitative estimate of drug-likeness (QED) is 0.618. The molecule has 2 aromatic heterocycles. The molecule has 0 N–H and O–H groups in total. The van der Waals surface area contributed by atoms with Gasteiger partial charge in [0, 0.05) is 37.6 Å². The highest BCUT2D eigenvalue weighted by molar-refractivity contribution is 5.81. The van der Waals surface area contributed by atoms with Crippen molar-refractivity contribution in [2.45, 2.75) is 37.1 Å². The van der Waals surface area contributed by atoms with Crippen molar-refractivity contribution in [1.29, 1.82) is 5.26 Å². The van der Waals surface area contributed by atoms with Crippen LogP contribution >= 0.6 is 0 Å². The summed E-state index contributed by atoms with van der Waals surface area (Å²) in [6.45, 7) is 5.51. The summed E-state index contributed by atoms with van der Waals surface area (Å²) in [4.78, 5) is 14.0. The van der Waals surface area contributed by atoms with Gasteiger partial charge in [-0.3, -0.25) is 4.90 Å². The number of hydrogen-bond acceptors (Lipinski definition) is 7. The molecule has 4 aliphatic rings. The van der Waals surface area contributed by atoms with Gasteiger partial charge in [0.2, 0.25) is 0 Å². The molecule has 2 saturated heterocycles. The largest absolute Gasteiger partial charge is 0.378 e. The molecule has 2 saturated carbocycles. The Balaban J connectivity index is 1.21. The number of piperazine rings is 1. The van der Waals surface area contributed by atoms with Crippen LogP contribution in [0.4, 0.5) is 5.82 Å². The van der Waals surface area contributed by atoms with E-state index in [1.54, 1.807) is 6.33 Å². The molecule has 2 aliphatic carbocycles. The Hall–Kier alpha value is -3.02. The summed E-state index contributed by atoms with van der Waals surface area (Å²) in [5.41, 5.74) is 2.21. The topological polar surface area (TPSA) is 83.1 Å². The zero-order valence-electron chi connectivity index (χ0n) is 18.7. The minimum atomic E-state index is -0.349. The number of rotatable bonds is 3. The van der Waals surface area contributed by atoms with Crippen molar-refractivity contribution in [3.8, 4) is 11.9 Å². The van der Waals surface area contributed by atoms with Crippen LogP contribution in [0.1, 0.15) is 31.2 Å². The lowest BCUT2D eigenvalue weighted by Gasteiger charge is -2.44. The van der Waals surface area contributed by atoms with E-state index in [0.717, 1.165) is 80.3 Å². The van der Waals surface area contributed by atoms with Crippen LogP contribution in [0.15, 0.2) is 36.8 Å². The first-order valence-corrected chi connectivity index (χ1v) is 12.0. The highest BCUT2D eigenvalue weighted by atomic mass is 16.5. The van der Waals surface area contributed by atoms with Gasteiger partial charge in [-0.2, -0.15) is 10.4 Å². The molecule has 8 nitrogen and oxygen atoms in total. The summed E-state index contributed by atoms with van der Waals surface area (Å²) in [5.74, 6) is 1.68. The number of benzene rings is 1. The van der Waals surface area contributed by atoms with Gasteiger partial charge in [-0.05, 0) is 42.7 Å². The number of morpholine rings is 1. The van der Waals surface area contributed by atoms with Gasteiger partial charge in [0.1, 0.15) is 12.1 Å². The van der Waals surface area contributed by atoms with Crippen molar-refractivity contribution in [1.82, 2.24) is 24.6 Å². The summed E-state index contributed by atoms with van der Waals surface area (Å²) in [6.07, 6.45) is 8.05. The van der Waals surface area contributed by atoms with Crippen molar-refractivity contribution in [3.05, 3.63) is 42.4 Å². The molecule has 1 aromatic carbocycles. The van der Waals surface area contributed by atoms with Crippen molar-refractivity contribution in [3.63, 3.8) is 0 Å². The van der Waals surface area contributed by atoms with E-state index in [1.807, 2.05) is 16.9 Å². The Morgan fingerprint density at radius 2 is 1.94 bits per heavy atom. The number of nitriles is 1. The zero-order chi connectivity index (χ0) is 22.0. The van der Waals surface area contributed by atoms with Gasteiger partial charge < -0.3 is 9.64 Å². The van der Waals surface area contributed by atoms with Crippen molar-refractivity contribution in [2.75, 3.05) is 44.3 Å². The fourth-order valence-electron chi connectivity index (χ4n) is 6.19. The lowest BCUT2D eigenvalue weighted by molar-refractivity contribution is -0.0117. The van der Waals surface area contributed by atoms with E-state index in [9.17, 15) is 5.26 Å². The number of anilines is 1. The maximum atomic E-state index is 10.0. The second-order valence-corrected chi connectivity index (χ2v) is 10.3. The lowest BCUT2D eigenvalue weighted by Crippen LogP contribution is -2.58. The molecule has 1 atom stereocenters. The Kier molecular flexibility index (Phi) is 4.12. The molecule has 1 spiro atoms. The van der Waals surface area contributed by atoms with E-state index in [4.69, 9.17) is 4.74 Å². The van der Waals surface area contributed by atoms with Crippen LogP contribution in [0.5, 0.6) is 0 Å². The van der Waals surface area contributed by atoms with Crippen LogP contribution in [0.25, 0.3) is 16.7 Å². The van der Waals surface area contributed by atoms with Crippen molar-refractivity contribution < 1.29 is 4.74 Å². The Bertz CT molecular complexity index is 1270. The van der Waals surface area contributed by atoms with Crippen molar-refractivity contribution >= 4 is 16.7 Å². The Labute approximate surface area is 192 Å². The average molecular weight is 442 g/mol. The molecule has 4 heterocycles. The molecule has 7 rings (SSSR count). The van der Waals surface area contributed by atoms with Crippen molar-refractivity contribution in [2.24, 2.45) is 5.41 Å². The van der Waals surface area contributed by atoms with E-state index in [-0.39, 0.29) is 5.41 Å². The minimum Gasteiger partial charge on any atom is -0.378 e. The predicted octanol–water partition coefficient (Wildman–Crippen LogP) is 2.67. The highest BCUT2D eigenvalue weighted by Crippen LogP contribution is 2.68. The van der Waals surface area contributed by atoms with E-state index < -0.39 is 0 Å². The van der Waals surface area contributed by atoms with E-state index >= 15 is 0 Å². The molecule has 0 unspecified atom stereocenters. The number of fused-ring (bicyclic) bond motifs is 2. The molecule has 8 heteroatoms. The molecule has 3 aromatic rings. The van der Waals surface area contributed by atoms with E-state index in [1.165, 1.54) is 12.8 Å². The van der Waals surface area contributed by atoms with Crippen LogP contribution < -0.4 is 4.90 Å². The standard InChI is InChI=1S/C25H27N7O/c26-16-25(14-24(15-25)3-4-24)19-2-1-18-11-29-32(21(18)9-19)23-10-22(27-17-28-23)31-6-5-30-7-8-33-13-20(30)12-31/h1-2,9-11,17,20H,3-8,12-15H2/t20-/m0/s1. The zero-order valence-corrected chi connectivity index (χ0v) is 18.7. The second kappa shape index (κ2) is 6.99. The van der Waals surface area contributed by atoms with Crippen LogP contribution in [-0.4, -0.2) is 70.1 Å². The summed E-state index contributed by atoms with van der Waals surface area (Å²) < 4.78 is 7.58. The van der Waals surface area contributed by atoms with Gasteiger partial charge in [0.25, 0.3) is 0 Å². The number of hydrogen-bond donors (Lipinski definition) is 0. The number of ether oxygens (including phenoxy) is 1. The van der Waals surface area contributed by atoms with Gasteiger partial charge >= 0.3 is 0 Å². The Morgan fingerprint density at radius 3 is 2.79 bits per heavy atom. The van der Waals surface area contributed by atoms with Gasteiger partial charge in [0.15, 0.2) is 5.82 Å². The molecule has 33 heavy (non-hydrogen) atoms. The Morgan fingerprint density at radius 1 is 1.06 bits per heavy atom. The van der Waals surface area contributed by atoms with Gasteiger partial charge in [0.05, 0.1) is 42.5 Å². The van der Waals surface area contributed by atoms with Gasteiger partial charge in [-0.1, -0.05) is 12.1 Å². The third kappa shape index (κ3) is 3.06. The third-order valence-corrected chi connectivity index (χ3v) is 8.27. The summed E-state index contributed by atoms with van der Waals surface area (Å²) >= 11 is 0. The smallest absolute Gasteiger partial charge is 0.159 e. The lowest BCUT2D eigenvalue weighted by atomic mass is 9.57. The van der Waals surface area contributed by atoms with E-state index in [2.05, 4.69) is 49.1 Å². The fourth-order valence-corrected chi connectivity index (χ4v) is 6.19. The first kappa shape index (κ1) is 19.4. The highest BCUT2D eigenvalue weighted by Gasteiger charge is 2.61. The molecule has 0 amide bonds. The molecule has 4 fully saturated rings. The maximum absolute atomic E-state index is 10.0. The molecule has 2 aliphatic heterocycles. The summed E-state index contributed by atoms with van der Waals surface area (Å²) in [7, 11) is 0. The fraction of sp³-hybridized carbons (Fsp3) is 0.520. The molecular formula is C25H27N7O. The van der Waals surface area contributed by atoms with Crippen LogP contribution in [0.3, 0.4) is 0 Å². The first-order valence-electron chi connectivity index (χ1n) is 12.0. The number of nitrogens with zero attached hydrogens (tertiary/aromatic N) is 7.